The summed E-state index contributed by atoms with van der Waals surface area (Å²) in [6.45, 7) is 6.13. The molecule has 0 saturated heterocycles. The molecular formula is C19H20ClFN2O2. The zero-order chi connectivity index (χ0) is 18.6. The van der Waals surface area contributed by atoms with Crippen LogP contribution in [-0.2, 0) is 15.0 Å². The Morgan fingerprint density at radius 1 is 1.04 bits per heavy atom. The Morgan fingerprint density at radius 2 is 1.68 bits per heavy atom. The van der Waals surface area contributed by atoms with Gasteiger partial charge in [-0.05, 0) is 35.2 Å². The number of hydrogen-bond acceptors (Lipinski definition) is 2. The Kier molecular flexibility index (Phi) is 5.80. The van der Waals surface area contributed by atoms with Crippen molar-refractivity contribution in [2.75, 3.05) is 10.6 Å². The molecule has 0 saturated carbocycles. The third-order valence-electron chi connectivity index (χ3n) is 3.53. The van der Waals surface area contributed by atoms with Crippen LogP contribution in [0, 0.1) is 5.82 Å². The number of halogens is 2. The zero-order valence-electron chi connectivity index (χ0n) is 14.3. The minimum absolute atomic E-state index is 0.0960. The molecule has 2 rings (SSSR count). The molecule has 4 nitrogen and oxygen atoms in total. The average Bonchev–Trinajstić information content (AvgIpc) is 2.50. The van der Waals surface area contributed by atoms with E-state index in [4.69, 9.17) is 11.6 Å². The molecule has 2 N–H and O–H groups in total. The van der Waals surface area contributed by atoms with E-state index >= 15 is 0 Å². The smallest absolute Gasteiger partial charge is 0.233 e. The number of rotatable bonds is 4. The summed E-state index contributed by atoms with van der Waals surface area (Å²) in [5, 5.41) is 5.19. The summed E-state index contributed by atoms with van der Waals surface area (Å²) in [6.07, 6.45) is -0.354. The largest absolute Gasteiger partial charge is 0.326 e. The maximum Gasteiger partial charge on any atom is 0.233 e. The fourth-order valence-corrected chi connectivity index (χ4v) is 2.55. The third kappa shape index (κ3) is 5.29. The summed E-state index contributed by atoms with van der Waals surface area (Å²) < 4.78 is 13.1. The second-order valence-electron chi connectivity index (χ2n) is 6.70. The molecule has 132 valence electrons. The van der Waals surface area contributed by atoms with Gasteiger partial charge in [-0.3, -0.25) is 9.59 Å². The van der Waals surface area contributed by atoms with Crippen molar-refractivity contribution in [2.45, 2.75) is 32.6 Å². The number of amides is 2. The number of nitrogens with one attached hydrogen (secondary N) is 2. The lowest BCUT2D eigenvalue weighted by molar-refractivity contribution is -0.123. The SMILES string of the molecule is CC(C)(C)c1ccccc1NC(=O)CC(=O)Nc1ccc(F)c(Cl)c1. The highest BCUT2D eigenvalue weighted by Gasteiger charge is 2.19. The Balaban J connectivity index is 2.01. The molecule has 0 aliphatic carbocycles. The predicted molar refractivity (Wildman–Crippen MR) is 98.4 cm³/mol. The van der Waals surface area contributed by atoms with Crippen LogP contribution < -0.4 is 10.6 Å². The highest BCUT2D eigenvalue weighted by Crippen LogP contribution is 2.29. The van der Waals surface area contributed by atoms with E-state index in [1.54, 1.807) is 6.07 Å². The van der Waals surface area contributed by atoms with E-state index < -0.39 is 17.6 Å². The standard InChI is InChI=1S/C19H20ClFN2O2/c1-19(2,3)13-6-4-5-7-16(13)23-18(25)11-17(24)22-12-8-9-15(21)14(20)10-12/h4-10H,11H2,1-3H3,(H,22,24)(H,23,25). The fourth-order valence-electron chi connectivity index (χ4n) is 2.37. The Labute approximate surface area is 151 Å². The average molecular weight is 363 g/mol. The monoisotopic (exact) mass is 362 g/mol. The van der Waals surface area contributed by atoms with Gasteiger partial charge in [0.05, 0.1) is 5.02 Å². The molecule has 0 radical (unpaired) electrons. The van der Waals surface area contributed by atoms with E-state index in [9.17, 15) is 14.0 Å². The van der Waals surface area contributed by atoms with Crippen LogP contribution in [0.3, 0.4) is 0 Å². The lowest BCUT2D eigenvalue weighted by atomic mass is 9.86. The topological polar surface area (TPSA) is 58.2 Å². The number of para-hydroxylation sites is 1. The van der Waals surface area contributed by atoms with Crippen LogP contribution in [0.4, 0.5) is 15.8 Å². The van der Waals surface area contributed by atoms with Gasteiger partial charge in [-0.25, -0.2) is 4.39 Å². The summed E-state index contributed by atoms with van der Waals surface area (Å²) in [5.41, 5.74) is 1.85. The van der Waals surface area contributed by atoms with Crippen molar-refractivity contribution in [3.05, 3.63) is 58.9 Å². The van der Waals surface area contributed by atoms with Crippen molar-refractivity contribution in [3.8, 4) is 0 Å². The predicted octanol–water partition coefficient (Wildman–Crippen LogP) is 4.74. The van der Waals surface area contributed by atoms with Crippen molar-refractivity contribution >= 4 is 34.8 Å². The maximum atomic E-state index is 13.1. The van der Waals surface area contributed by atoms with Gasteiger partial charge in [0.2, 0.25) is 11.8 Å². The molecular weight excluding hydrogens is 343 g/mol. The molecule has 2 aromatic rings. The maximum absolute atomic E-state index is 13.1. The summed E-state index contributed by atoms with van der Waals surface area (Å²) in [6, 6.07) is 11.3. The van der Waals surface area contributed by atoms with Gasteiger partial charge in [-0.2, -0.15) is 0 Å². The molecule has 2 aromatic carbocycles. The van der Waals surface area contributed by atoms with Crippen LogP contribution in [0.15, 0.2) is 42.5 Å². The van der Waals surface area contributed by atoms with Crippen molar-refractivity contribution in [2.24, 2.45) is 0 Å². The van der Waals surface area contributed by atoms with Gasteiger partial charge in [0.15, 0.2) is 0 Å². The lowest BCUT2D eigenvalue weighted by Gasteiger charge is -2.22. The molecule has 0 aromatic heterocycles. The Morgan fingerprint density at radius 3 is 2.32 bits per heavy atom. The summed E-state index contributed by atoms with van der Waals surface area (Å²) >= 11 is 5.66. The first kappa shape index (κ1) is 18.9. The number of benzene rings is 2. The molecule has 25 heavy (non-hydrogen) atoms. The summed E-state index contributed by atoms with van der Waals surface area (Å²) in [5.74, 6) is -1.51. The van der Waals surface area contributed by atoms with Crippen LogP contribution in [0.25, 0.3) is 0 Å². The van der Waals surface area contributed by atoms with Crippen LogP contribution >= 0.6 is 11.6 Å². The number of hydrogen-bond donors (Lipinski definition) is 2. The van der Waals surface area contributed by atoms with Gasteiger partial charge in [0, 0.05) is 11.4 Å². The Hall–Kier alpha value is -2.40. The highest BCUT2D eigenvalue weighted by molar-refractivity contribution is 6.31. The van der Waals surface area contributed by atoms with Crippen LogP contribution in [0.1, 0.15) is 32.8 Å². The van der Waals surface area contributed by atoms with Crippen molar-refractivity contribution in [1.29, 1.82) is 0 Å². The van der Waals surface area contributed by atoms with Gasteiger partial charge in [-0.15, -0.1) is 0 Å². The molecule has 0 heterocycles. The lowest BCUT2D eigenvalue weighted by Crippen LogP contribution is -2.23. The van der Waals surface area contributed by atoms with Crippen molar-refractivity contribution in [3.63, 3.8) is 0 Å². The number of carbonyl (C=O) groups excluding carboxylic acids is 2. The third-order valence-corrected chi connectivity index (χ3v) is 3.82. The van der Waals surface area contributed by atoms with Gasteiger partial charge >= 0.3 is 0 Å². The molecule has 0 aliphatic heterocycles. The number of carbonyl (C=O) groups is 2. The molecule has 2 amide bonds. The van der Waals surface area contributed by atoms with E-state index in [1.807, 2.05) is 39.0 Å². The number of anilines is 2. The molecule has 0 bridgehead atoms. The second kappa shape index (κ2) is 7.66. The normalized spacial score (nSPS) is 11.1. The van der Waals surface area contributed by atoms with Gasteiger partial charge < -0.3 is 10.6 Å². The van der Waals surface area contributed by atoms with E-state index in [0.717, 1.165) is 11.6 Å². The van der Waals surface area contributed by atoms with E-state index in [-0.39, 0.29) is 16.9 Å². The first-order chi connectivity index (χ1) is 11.7. The second-order valence-corrected chi connectivity index (χ2v) is 7.10. The van der Waals surface area contributed by atoms with Crippen LogP contribution in [0.2, 0.25) is 5.02 Å². The minimum atomic E-state index is -0.573. The first-order valence-electron chi connectivity index (χ1n) is 7.81. The summed E-state index contributed by atoms with van der Waals surface area (Å²) in [4.78, 5) is 24.1. The summed E-state index contributed by atoms with van der Waals surface area (Å²) in [7, 11) is 0. The first-order valence-corrected chi connectivity index (χ1v) is 8.19. The van der Waals surface area contributed by atoms with Gasteiger partial charge in [0.1, 0.15) is 12.2 Å². The Bertz CT molecular complexity index is 800. The highest BCUT2D eigenvalue weighted by atomic mass is 35.5. The van der Waals surface area contributed by atoms with E-state index in [1.165, 1.54) is 12.1 Å². The van der Waals surface area contributed by atoms with E-state index in [0.29, 0.717) is 11.4 Å². The fraction of sp³-hybridized carbons (Fsp3) is 0.263. The minimum Gasteiger partial charge on any atom is -0.326 e. The molecule has 0 spiro atoms. The molecule has 0 atom stereocenters. The van der Waals surface area contributed by atoms with Crippen LogP contribution in [-0.4, -0.2) is 11.8 Å². The molecule has 0 aliphatic rings. The van der Waals surface area contributed by atoms with Gasteiger partial charge in [0.25, 0.3) is 0 Å². The van der Waals surface area contributed by atoms with Gasteiger partial charge in [-0.1, -0.05) is 50.6 Å². The molecule has 0 fully saturated rings. The van der Waals surface area contributed by atoms with Crippen LogP contribution in [0.5, 0.6) is 0 Å². The quantitative estimate of drug-likeness (QED) is 0.771. The van der Waals surface area contributed by atoms with Crippen molar-refractivity contribution in [1.82, 2.24) is 0 Å². The molecule has 6 heteroatoms. The molecule has 0 unspecified atom stereocenters. The van der Waals surface area contributed by atoms with Crippen molar-refractivity contribution < 1.29 is 14.0 Å². The van der Waals surface area contributed by atoms with E-state index in [2.05, 4.69) is 10.6 Å². The zero-order valence-corrected chi connectivity index (χ0v) is 15.1.